The zero-order valence-electron chi connectivity index (χ0n) is 7.69. The molecule has 0 atom stereocenters. The summed E-state index contributed by atoms with van der Waals surface area (Å²) in [5.74, 6) is -1.00. The fraction of sp³-hybridized carbons (Fsp3) is 0.444. The normalized spacial score (nSPS) is 13.9. The van der Waals surface area contributed by atoms with Gasteiger partial charge in [-0.3, -0.25) is 14.6 Å². The highest BCUT2D eigenvalue weighted by molar-refractivity contribution is 5.97. The number of aliphatic carboxylic acids is 1. The highest BCUT2D eigenvalue weighted by atomic mass is 16.4. The van der Waals surface area contributed by atoms with E-state index in [1.165, 1.54) is 6.20 Å². The van der Waals surface area contributed by atoms with Crippen molar-refractivity contribution in [3.8, 4) is 0 Å². The van der Waals surface area contributed by atoms with Gasteiger partial charge >= 0.3 is 5.97 Å². The van der Waals surface area contributed by atoms with Crippen LogP contribution in [-0.2, 0) is 9.59 Å². The lowest BCUT2D eigenvalue weighted by Gasteiger charge is -2.03. The first-order valence-corrected chi connectivity index (χ1v) is 4.41. The predicted molar refractivity (Wildman–Crippen MR) is 51.1 cm³/mol. The molecule has 1 heterocycles. The summed E-state index contributed by atoms with van der Waals surface area (Å²) in [5, 5.41) is 11.0. The van der Waals surface area contributed by atoms with Gasteiger partial charge < -0.3 is 10.4 Å². The van der Waals surface area contributed by atoms with Gasteiger partial charge in [-0.1, -0.05) is 0 Å². The van der Waals surface area contributed by atoms with Gasteiger partial charge in [0.15, 0.2) is 0 Å². The van der Waals surface area contributed by atoms with Crippen molar-refractivity contribution in [2.45, 2.75) is 19.3 Å². The fourth-order valence-corrected chi connectivity index (χ4v) is 1.05. The summed E-state index contributed by atoms with van der Waals surface area (Å²) in [7, 11) is 0. The SMILES string of the molecule is O=C(O)CCCNC(=O)C1=CN=CC1. The Kier molecular flexibility index (Phi) is 3.84. The number of carbonyl (C=O) groups is 2. The molecule has 0 bridgehead atoms. The number of hydrogen-bond acceptors (Lipinski definition) is 3. The lowest BCUT2D eigenvalue weighted by Crippen LogP contribution is -2.26. The molecule has 0 aromatic carbocycles. The Balaban J connectivity index is 2.13. The Bertz CT molecular complexity index is 294. The van der Waals surface area contributed by atoms with Crippen LogP contribution in [0.4, 0.5) is 0 Å². The zero-order chi connectivity index (χ0) is 10.4. The zero-order valence-corrected chi connectivity index (χ0v) is 7.69. The van der Waals surface area contributed by atoms with Crippen LogP contribution in [0.2, 0.25) is 0 Å². The number of carboxylic acids is 1. The maximum Gasteiger partial charge on any atom is 0.303 e. The molecule has 0 saturated carbocycles. The summed E-state index contributed by atoms with van der Waals surface area (Å²) in [6.07, 6.45) is 4.27. The second-order valence-corrected chi connectivity index (χ2v) is 2.94. The Morgan fingerprint density at radius 2 is 2.36 bits per heavy atom. The van der Waals surface area contributed by atoms with Crippen LogP contribution >= 0.6 is 0 Å². The number of carbonyl (C=O) groups excluding carboxylic acids is 1. The number of carboxylic acid groups (broad SMARTS) is 1. The van der Waals surface area contributed by atoms with Crippen molar-refractivity contribution < 1.29 is 14.7 Å². The van der Waals surface area contributed by atoms with E-state index in [4.69, 9.17) is 5.11 Å². The van der Waals surface area contributed by atoms with Crippen molar-refractivity contribution >= 4 is 18.1 Å². The minimum Gasteiger partial charge on any atom is -0.481 e. The molecule has 1 amide bonds. The molecule has 1 aliphatic heterocycles. The number of hydrogen-bond donors (Lipinski definition) is 2. The lowest BCUT2D eigenvalue weighted by molar-refractivity contribution is -0.137. The third kappa shape index (κ3) is 3.38. The number of amides is 1. The first kappa shape index (κ1) is 10.4. The quantitative estimate of drug-likeness (QED) is 0.622. The minimum absolute atomic E-state index is 0.0792. The number of aliphatic imine (C=N–C) groups is 1. The van der Waals surface area contributed by atoms with Crippen LogP contribution < -0.4 is 5.32 Å². The Morgan fingerprint density at radius 3 is 2.93 bits per heavy atom. The molecule has 0 aliphatic carbocycles. The van der Waals surface area contributed by atoms with Crippen LogP contribution in [0.25, 0.3) is 0 Å². The smallest absolute Gasteiger partial charge is 0.303 e. The number of rotatable bonds is 5. The Morgan fingerprint density at radius 1 is 1.57 bits per heavy atom. The fourth-order valence-electron chi connectivity index (χ4n) is 1.05. The molecule has 0 spiro atoms. The summed E-state index contributed by atoms with van der Waals surface area (Å²) in [6.45, 7) is 0.391. The third-order valence-corrected chi connectivity index (χ3v) is 1.79. The van der Waals surface area contributed by atoms with E-state index in [2.05, 4.69) is 10.3 Å². The third-order valence-electron chi connectivity index (χ3n) is 1.79. The van der Waals surface area contributed by atoms with Crippen molar-refractivity contribution in [3.05, 3.63) is 11.8 Å². The van der Waals surface area contributed by atoms with Crippen LogP contribution in [0.5, 0.6) is 0 Å². The van der Waals surface area contributed by atoms with Crippen molar-refractivity contribution in [3.63, 3.8) is 0 Å². The molecule has 76 valence electrons. The summed E-state index contributed by atoms with van der Waals surface area (Å²) in [4.78, 5) is 25.2. The van der Waals surface area contributed by atoms with Gasteiger partial charge in [0.25, 0.3) is 0 Å². The highest BCUT2D eigenvalue weighted by Crippen LogP contribution is 2.05. The molecule has 2 N–H and O–H groups in total. The summed E-state index contributed by atoms with van der Waals surface area (Å²) < 4.78 is 0. The monoisotopic (exact) mass is 196 g/mol. The second-order valence-electron chi connectivity index (χ2n) is 2.94. The van der Waals surface area contributed by atoms with E-state index in [0.717, 1.165) is 0 Å². The van der Waals surface area contributed by atoms with E-state index < -0.39 is 5.97 Å². The maximum atomic E-state index is 11.3. The standard InChI is InChI=1S/C9H12N2O3/c12-8(13)2-1-4-11-9(14)7-3-5-10-6-7/h5-6H,1-4H2,(H,11,14)(H,12,13). The molecule has 0 fully saturated rings. The lowest BCUT2D eigenvalue weighted by atomic mass is 10.2. The average molecular weight is 196 g/mol. The predicted octanol–water partition coefficient (Wildman–Crippen LogP) is 0.326. The molecule has 5 nitrogen and oxygen atoms in total. The molecule has 0 aromatic heterocycles. The van der Waals surface area contributed by atoms with E-state index in [1.807, 2.05) is 0 Å². The Labute approximate surface area is 81.5 Å². The summed E-state index contributed by atoms with van der Waals surface area (Å²) in [5.41, 5.74) is 0.625. The van der Waals surface area contributed by atoms with E-state index in [1.54, 1.807) is 6.21 Å². The Hall–Kier alpha value is -1.65. The van der Waals surface area contributed by atoms with Crippen LogP contribution in [0.15, 0.2) is 16.8 Å². The van der Waals surface area contributed by atoms with Gasteiger partial charge in [-0.25, -0.2) is 0 Å². The van der Waals surface area contributed by atoms with Gasteiger partial charge in [0.05, 0.1) is 0 Å². The molecule has 0 radical (unpaired) electrons. The van der Waals surface area contributed by atoms with Crippen LogP contribution in [0.1, 0.15) is 19.3 Å². The highest BCUT2D eigenvalue weighted by Gasteiger charge is 2.10. The van der Waals surface area contributed by atoms with Crippen LogP contribution in [0, 0.1) is 0 Å². The average Bonchev–Trinajstić information content (AvgIpc) is 2.64. The molecule has 0 aromatic rings. The van der Waals surface area contributed by atoms with Gasteiger partial charge in [0.2, 0.25) is 5.91 Å². The van der Waals surface area contributed by atoms with Crippen molar-refractivity contribution in [1.29, 1.82) is 0 Å². The maximum absolute atomic E-state index is 11.3. The molecular formula is C9H12N2O3. The summed E-state index contributed by atoms with van der Waals surface area (Å²) >= 11 is 0. The van der Waals surface area contributed by atoms with Crippen molar-refractivity contribution in [2.24, 2.45) is 4.99 Å². The van der Waals surface area contributed by atoms with Crippen LogP contribution in [-0.4, -0.2) is 29.7 Å². The first-order chi connectivity index (χ1) is 6.70. The molecule has 5 heteroatoms. The van der Waals surface area contributed by atoms with Gasteiger partial charge in [0, 0.05) is 37.4 Å². The van der Waals surface area contributed by atoms with E-state index in [9.17, 15) is 9.59 Å². The second kappa shape index (κ2) is 5.16. The van der Waals surface area contributed by atoms with Gasteiger partial charge in [-0.2, -0.15) is 0 Å². The minimum atomic E-state index is -0.845. The topological polar surface area (TPSA) is 78.8 Å². The first-order valence-electron chi connectivity index (χ1n) is 4.41. The van der Waals surface area contributed by atoms with Gasteiger partial charge in [0.1, 0.15) is 0 Å². The van der Waals surface area contributed by atoms with E-state index in [0.29, 0.717) is 25.0 Å². The molecule has 0 saturated heterocycles. The molecule has 1 rings (SSSR count). The molecule has 1 aliphatic rings. The molecule has 14 heavy (non-hydrogen) atoms. The molecule has 0 unspecified atom stereocenters. The number of nitrogens with zero attached hydrogens (tertiary/aromatic N) is 1. The van der Waals surface area contributed by atoms with E-state index in [-0.39, 0.29) is 12.3 Å². The van der Waals surface area contributed by atoms with Crippen molar-refractivity contribution in [2.75, 3.05) is 6.54 Å². The largest absolute Gasteiger partial charge is 0.481 e. The summed E-state index contributed by atoms with van der Waals surface area (Å²) in [6, 6.07) is 0. The van der Waals surface area contributed by atoms with Crippen LogP contribution in [0.3, 0.4) is 0 Å². The van der Waals surface area contributed by atoms with Crippen molar-refractivity contribution in [1.82, 2.24) is 5.32 Å². The van der Waals surface area contributed by atoms with Gasteiger partial charge in [-0.05, 0) is 6.42 Å². The number of nitrogens with one attached hydrogen (secondary N) is 1. The van der Waals surface area contributed by atoms with E-state index >= 15 is 0 Å². The van der Waals surface area contributed by atoms with Gasteiger partial charge in [-0.15, -0.1) is 0 Å². The molecular weight excluding hydrogens is 184 g/mol.